The largest absolute Gasteiger partial charge is 0.364 e. The predicted molar refractivity (Wildman–Crippen MR) is 75.5 cm³/mol. The minimum Gasteiger partial charge on any atom is -0.364 e. The maximum Gasteiger partial charge on any atom is 0.318 e. The first-order valence-corrected chi connectivity index (χ1v) is 7.12. The third-order valence-corrected chi connectivity index (χ3v) is 3.94. The second kappa shape index (κ2) is 5.59. The summed E-state index contributed by atoms with van der Waals surface area (Å²) in [6.07, 6.45) is 3.48. The second-order valence-corrected chi connectivity index (χ2v) is 5.35. The lowest BCUT2D eigenvalue weighted by Crippen LogP contribution is -2.39. The van der Waals surface area contributed by atoms with E-state index in [0.29, 0.717) is 6.54 Å². The number of likely N-dealkylation sites (tertiary alicyclic amines) is 1. The van der Waals surface area contributed by atoms with Crippen LogP contribution in [0.2, 0.25) is 0 Å². The van der Waals surface area contributed by atoms with Crippen LogP contribution in [-0.4, -0.2) is 32.8 Å². The lowest BCUT2D eigenvalue weighted by Gasteiger charge is -2.25. The van der Waals surface area contributed by atoms with Gasteiger partial charge in [0, 0.05) is 23.9 Å². The number of nitrogens with zero attached hydrogens (tertiary/aromatic N) is 3. The molecule has 0 aromatic carbocycles. The molecule has 2 aromatic rings. The van der Waals surface area contributed by atoms with Crippen molar-refractivity contribution in [3.63, 3.8) is 0 Å². The van der Waals surface area contributed by atoms with Gasteiger partial charge >= 0.3 is 6.03 Å². The molecule has 0 radical (unpaired) electrons. The molecule has 7 nitrogen and oxygen atoms in total. The molecule has 2 N–H and O–H groups in total. The number of nitrogens with one attached hydrogen (secondary N) is 2. The van der Waals surface area contributed by atoms with Crippen molar-refractivity contribution in [3.05, 3.63) is 35.0 Å². The van der Waals surface area contributed by atoms with Crippen LogP contribution in [0.5, 0.6) is 0 Å². The van der Waals surface area contributed by atoms with E-state index < -0.39 is 0 Å². The first-order valence-electron chi connectivity index (χ1n) is 7.12. The number of hydrogen-bond donors (Lipinski definition) is 2. The number of H-pyrrole nitrogens is 1. The molecule has 1 unspecified atom stereocenters. The number of amides is 2. The van der Waals surface area contributed by atoms with Crippen LogP contribution in [0.25, 0.3) is 0 Å². The Morgan fingerprint density at radius 3 is 3.10 bits per heavy atom. The molecule has 1 fully saturated rings. The summed E-state index contributed by atoms with van der Waals surface area (Å²) in [6, 6.07) is 1.77. The van der Waals surface area contributed by atoms with Crippen LogP contribution in [0.4, 0.5) is 4.79 Å². The van der Waals surface area contributed by atoms with E-state index in [1.807, 2.05) is 18.7 Å². The van der Waals surface area contributed by atoms with Gasteiger partial charge in [0.05, 0.1) is 18.3 Å². The van der Waals surface area contributed by atoms with Crippen molar-refractivity contribution >= 4 is 6.03 Å². The minimum absolute atomic E-state index is 0.0690. The van der Waals surface area contributed by atoms with Gasteiger partial charge in [-0.1, -0.05) is 5.16 Å². The maximum absolute atomic E-state index is 12.4. The lowest BCUT2D eigenvalue weighted by molar-refractivity contribution is 0.192. The number of hydrogen-bond acceptors (Lipinski definition) is 4. The fourth-order valence-corrected chi connectivity index (χ4v) is 2.96. The highest BCUT2D eigenvalue weighted by Crippen LogP contribution is 2.34. The summed E-state index contributed by atoms with van der Waals surface area (Å²) >= 11 is 0. The molecule has 1 saturated heterocycles. The number of aromatic nitrogens is 3. The summed E-state index contributed by atoms with van der Waals surface area (Å²) < 4.78 is 4.76. The van der Waals surface area contributed by atoms with E-state index in [-0.39, 0.29) is 12.1 Å². The van der Waals surface area contributed by atoms with Crippen LogP contribution in [0.3, 0.4) is 0 Å². The third kappa shape index (κ3) is 2.63. The molecule has 1 aliphatic heterocycles. The normalized spacial score (nSPS) is 18.2. The van der Waals surface area contributed by atoms with E-state index in [1.165, 1.54) is 6.26 Å². The van der Waals surface area contributed by atoms with Crippen LogP contribution in [0.1, 0.15) is 41.5 Å². The summed E-state index contributed by atoms with van der Waals surface area (Å²) in [5.74, 6) is 0. The summed E-state index contributed by atoms with van der Waals surface area (Å²) in [7, 11) is 0. The Hall–Kier alpha value is -2.31. The van der Waals surface area contributed by atoms with Crippen LogP contribution in [0, 0.1) is 13.8 Å². The van der Waals surface area contributed by atoms with Gasteiger partial charge in [-0.3, -0.25) is 5.10 Å². The summed E-state index contributed by atoms with van der Waals surface area (Å²) in [4.78, 5) is 14.3. The van der Waals surface area contributed by atoms with Gasteiger partial charge in [-0.25, -0.2) is 4.79 Å². The minimum atomic E-state index is -0.0690. The monoisotopic (exact) mass is 289 g/mol. The zero-order chi connectivity index (χ0) is 14.8. The average molecular weight is 289 g/mol. The van der Waals surface area contributed by atoms with E-state index in [4.69, 9.17) is 4.52 Å². The molecule has 0 aliphatic carbocycles. The van der Waals surface area contributed by atoms with Gasteiger partial charge in [0.15, 0.2) is 0 Å². The number of urea groups is 1. The lowest BCUT2D eigenvalue weighted by atomic mass is 10.0. The molecule has 3 rings (SSSR count). The Balaban J connectivity index is 1.70. The molecule has 0 spiro atoms. The Bertz CT molecular complexity index is 600. The summed E-state index contributed by atoms with van der Waals surface area (Å²) in [5, 5.41) is 13.9. The topological polar surface area (TPSA) is 87.0 Å². The van der Waals surface area contributed by atoms with E-state index in [0.717, 1.165) is 42.0 Å². The Kier molecular flexibility index (Phi) is 3.64. The number of carbonyl (C=O) groups excluding carboxylic acids is 1. The van der Waals surface area contributed by atoms with Crippen molar-refractivity contribution in [2.45, 2.75) is 39.3 Å². The van der Waals surface area contributed by atoms with Crippen molar-refractivity contribution in [2.75, 3.05) is 6.54 Å². The van der Waals surface area contributed by atoms with Crippen LogP contribution < -0.4 is 5.32 Å². The smallest absolute Gasteiger partial charge is 0.318 e. The van der Waals surface area contributed by atoms with Gasteiger partial charge < -0.3 is 14.7 Å². The van der Waals surface area contributed by atoms with Crippen molar-refractivity contribution in [1.82, 2.24) is 25.6 Å². The Morgan fingerprint density at radius 2 is 2.43 bits per heavy atom. The first-order chi connectivity index (χ1) is 10.2. The fraction of sp³-hybridized carbons (Fsp3) is 0.500. The average Bonchev–Trinajstić information content (AvgIpc) is 3.18. The van der Waals surface area contributed by atoms with Crippen molar-refractivity contribution < 1.29 is 9.32 Å². The Morgan fingerprint density at radius 1 is 1.57 bits per heavy atom. The highest BCUT2D eigenvalue weighted by Gasteiger charge is 2.32. The molecule has 7 heteroatoms. The molecule has 21 heavy (non-hydrogen) atoms. The number of aromatic amines is 1. The fourth-order valence-electron chi connectivity index (χ4n) is 2.96. The van der Waals surface area contributed by atoms with Crippen molar-refractivity contribution in [1.29, 1.82) is 0 Å². The molecule has 2 aromatic heterocycles. The molecule has 3 heterocycles. The van der Waals surface area contributed by atoms with Crippen molar-refractivity contribution in [2.24, 2.45) is 0 Å². The van der Waals surface area contributed by atoms with E-state index in [9.17, 15) is 4.79 Å². The van der Waals surface area contributed by atoms with Gasteiger partial charge in [-0.05, 0) is 26.7 Å². The summed E-state index contributed by atoms with van der Waals surface area (Å²) in [6.45, 7) is 5.11. The SMILES string of the molecule is Cc1n[nH]c(C)c1C1CCCN1C(=O)NCc1ccon1. The highest BCUT2D eigenvalue weighted by molar-refractivity contribution is 5.75. The van der Waals surface area contributed by atoms with Gasteiger partial charge in [0.2, 0.25) is 0 Å². The molecule has 2 amide bonds. The van der Waals surface area contributed by atoms with E-state index in [2.05, 4.69) is 20.7 Å². The van der Waals surface area contributed by atoms with E-state index >= 15 is 0 Å². The number of carbonyl (C=O) groups is 1. The predicted octanol–water partition coefficient (Wildman–Crippen LogP) is 2.06. The molecule has 0 bridgehead atoms. The van der Waals surface area contributed by atoms with Gasteiger partial charge in [-0.2, -0.15) is 5.10 Å². The Labute approximate surface area is 122 Å². The van der Waals surface area contributed by atoms with Crippen LogP contribution in [-0.2, 0) is 6.54 Å². The molecule has 0 saturated carbocycles. The van der Waals surface area contributed by atoms with Crippen LogP contribution >= 0.6 is 0 Å². The zero-order valence-corrected chi connectivity index (χ0v) is 12.2. The second-order valence-electron chi connectivity index (χ2n) is 5.35. The van der Waals surface area contributed by atoms with Gasteiger partial charge in [0.1, 0.15) is 12.0 Å². The van der Waals surface area contributed by atoms with Gasteiger partial charge in [0.25, 0.3) is 0 Å². The quantitative estimate of drug-likeness (QED) is 0.905. The number of rotatable bonds is 3. The standard InChI is InChI=1S/C14H19N5O2/c1-9-13(10(2)17-16-9)12-4-3-6-19(12)14(20)15-8-11-5-7-21-18-11/h5,7,12H,3-4,6,8H2,1-2H3,(H,15,20)(H,16,17). The molecular weight excluding hydrogens is 270 g/mol. The van der Waals surface area contributed by atoms with Crippen molar-refractivity contribution in [3.8, 4) is 0 Å². The third-order valence-electron chi connectivity index (χ3n) is 3.94. The summed E-state index contributed by atoms with van der Waals surface area (Å²) in [5.41, 5.74) is 3.86. The maximum atomic E-state index is 12.4. The highest BCUT2D eigenvalue weighted by atomic mass is 16.5. The first kappa shape index (κ1) is 13.7. The number of aryl methyl sites for hydroxylation is 2. The molecule has 1 atom stereocenters. The van der Waals surface area contributed by atoms with Gasteiger partial charge in [-0.15, -0.1) is 0 Å². The van der Waals surface area contributed by atoms with Crippen LogP contribution in [0.15, 0.2) is 16.9 Å². The molecule has 1 aliphatic rings. The molecule has 112 valence electrons. The molecular formula is C14H19N5O2. The zero-order valence-electron chi connectivity index (χ0n) is 12.2. The van der Waals surface area contributed by atoms with E-state index in [1.54, 1.807) is 6.07 Å².